The highest BCUT2D eigenvalue weighted by atomic mass is 16.6. The third-order valence-electron chi connectivity index (χ3n) is 4.41. The molecule has 2 heterocycles. The molecule has 0 aliphatic carbocycles. The molecule has 1 amide bonds. The number of piperidine rings is 1. The molecule has 0 aromatic carbocycles. The first-order valence-corrected chi connectivity index (χ1v) is 8.92. The molecule has 2 N–H and O–H groups in total. The minimum Gasteiger partial charge on any atom is -0.450 e. The number of nitrogens with one attached hydrogen (secondary N) is 2. The summed E-state index contributed by atoms with van der Waals surface area (Å²) in [5.74, 6) is 0.807. The Morgan fingerprint density at radius 1 is 1.44 bits per heavy atom. The van der Waals surface area contributed by atoms with Crippen molar-refractivity contribution < 1.29 is 9.53 Å². The van der Waals surface area contributed by atoms with Gasteiger partial charge in [-0.05, 0) is 50.3 Å². The normalized spacial score (nSPS) is 15.8. The number of aromatic nitrogens is 1. The lowest BCUT2D eigenvalue weighted by atomic mass is 10.1. The molecule has 1 aromatic heterocycles. The lowest BCUT2D eigenvalue weighted by Crippen LogP contribution is -2.50. The summed E-state index contributed by atoms with van der Waals surface area (Å²) in [5, 5.41) is 6.81. The van der Waals surface area contributed by atoms with Gasteiger partial charge in [-0.3, -0.25) is 9.98 Å². The number of hydrogen-bond donors (Lipinski definition) is 2. The van der Waals surface area contributed by atoms with Gasteiger partial charge < -0.3 is 20.3 Å². The van der Waals surface area contributed by atoms with Crippen LogP contribution >= 0.6 is 0 Å². The Kier molecular flexibility index (Phi) is 7.50. The molecule has 138 valence electrons. The van der Waals surface area contributed by atoms with E-state index < -0.39 is 0 Å². The van der Waals surface area contributed by atoms with E-state index in [2.05, 4.69) is 33.6 Å². The quantitative estimate of drug-likeness (QED) is 0.626. The van der Waals surface area contributed by atoms with Crippen LogP contribution in [0.4, 0.5) is 4.79 Å². The Hall–Kier alpha value is -2.31. The van der Waals surface area contributed by atoms with Crippen LogP contribution in [0.3, 0.4) is 0 Å². The van der Waals surface area contributed by atoms with E-state index in [9.17, 15) is 4.79 Å². The van der Waals surface area contributed by atoms with E-state index in [-0.39, 0.29) is 6.09 Å². The van der Waals surface area contributed by atoms with Gasteiger partial charge in [0, 0.05) is 45.1 Å². The first-order valence-electron chi connectivity index (χ1n) is 8.92. The predicted molar refractivity (Wildman–Crippen MR) is 98.8 cm³/mol. The molecule has 0 spiro atoms. The van der Waals surface area contributed by atoms with Crippen LogP contribution in [0.5, 0.6) is 0 Å². The molecule has 1 aliphatic rings. The largest absolute Gasteiger partial charge is 0.450 e. The topological polar surface area (TPSA) is 78.8 Å². The number of aliphatic imine (C=N–C) groups is 1. The predicted octanol–water partition coefficient (Wildman–Crippen LogP) is 1.72. The first kappa shape index (κ1) is 19.0. The van der Waals surface area contributed by atoms with Crippen molar-refractivity contribution in [2.75, 3.05) is 33.3 Å². The molecular weight excluding hydrogens is 318 g/mol. The standard InChI is InChI=1S/C18H29N5O2/c1-4-25-18(24)23-11-7-16(8-12-23)22-17(19-3)21-10-6-15-5-9-20-13-14(15)2/h5,9,13,16H,4,6-8,10-12H2,1-3H3,(H2,19,21,22). The minimum absolute atomic E-state index is 0.212. The van der Waals surface area contributed by atoms with Crippen molar-refractivity contribution in [2.45, 2.75) is 39.2 Å². The van der Waals surface area contributed by atoms with E-state index in [1.165, 1.54) is 11.1 Å². The second-order valence-corrected chi connectivity index (χ2v) is 6.16. The highest BCUT2D eigenvalue weighted by Gasteiger charge is 2.23. The fraction of sp³-hybridized carbons (Fsp3) is 0.611. The third kappa shape index (κ3) is 5.92. The van der Waals surface area contributed by atoms with Gasteiger partial charge >= 0.3 is 6.09 Å². The molecule has 7 nitrogen and oxygen atoms in total. The summed E-state index contributed by atoms with van der Waals surface area (Å²) in [6.45, 7) is 6.56. The third-order valence-corrected chi connectivity index (χ3v) is 4.41. The molecule has 0 unspecified atom stereocenters. The van der Waals surface area contributed by atoms with Gasteiger partial charge in [0.25, 0.3) is 0 Å². The van der Waals surface area contributed by atoms with Gasteiger partial charge in [-0.2, -0.15) is 0 Å². The average Bonchev–Trinajstić information content (AvgIpc) is 2.63. The number of pyridine rings is 1. The zero-order chi connectivity index (χ0) is 18.1. The number of carbonyl (C=O) groups excluding carboxylic acids is 1. The number of carbonyl (C=O) groups is 1. The van der Waals surface area contributed by atoms with Crippen LogP contribution < -0.4 is 10.6 Å². The van der Waals surface area contributed by atoms with Crippen LogP contribution in [-0.2, 0) is 11.2 Å². The SMILES string of the molecule is CCOC(=O)N1CCC(NC(=NC)NCCc2ccncc2C)CC1. The molecule has 1 saturated heterocycles. The molecule has 0 radical (unpaired) electrons. The van der Waals surface area contributed by atoms with Crippen LogP contribution in [0, 0.1) is 6.92 Å². The van der Waals surface area contributed by atoms with Crippen LogP contribution in [0.1, 0.15) is 30.9 Å². The van der Waals surface area contributed by atoms with Gasteiger partial charge in [0.2, 0.25) is 0 Å². The number of guanidine groups is 1. The van der Waals surface area contributed by atoms with Crippen LogP contribution in [-0.4, -0.2) is 61.3 Å². The van der Waals surface area contributed by atoms with E-state index in [0.29, 0.717) is 25.7 Å². The number of rotatable bonds is 5. The van der Waals surface area contributed by atoms with Crippen molar-refractivity contribution in [3.63, 3.8) is 0 Å². The van der Waals surface area contributed by atoms with Gasteiger partial charge in [0.05, 0.1) is 6.61 Å². The fourth-order valence-electron chi connectivity index (χ4n) is 2.91. The summed E-state index contributed by atoms with van der Waals surface area (Å²) in [6, 6.07) is 2.37. The maximum atomic E-state index is 11.7. The molecule has 1 aliphatic heterocycles. The number of ether oxygens (including phenoxy) is 1. The average molecular weight is 347 g/mol. The van der Waals surface area contributed by atoms with Crippen molar-refractivity contribution in [1.29, 1.82) is 0 Å². The highest BCUT2D eigenvalue weighted by molar-refractivity contribution is 5.80. The Labute approximate surface area is 149 Å². The molecule has 1 aromatic rings. The number of amides is 1. The lowest BCUT2D eigenvalue weighted by molar-refractivity contribution is 0.0963. The number of aryl methyl sites for hydroxylation is 1. The second-order valence-electron chi connectivity index (χ2n) is 6.16. The number of hydrogen-bond acceptors (Lipinski definition) is 4. The van der Waals surface area contributed by atoms with E-state index in [0.717, 1.165) is 31.8 Å². The summed E-state index contributed by atoms with van der Waals surface area (Å²) in [7, 11) is 1.78. The fourth-order valence-corrected chi connectivity index (χ4v) is 2.91. The van der Waals surface area contributed by atoms with Crippen LogP contribution in [0.25, 0.3) is 0 Å². The smallest absolute Gasteiger partial charge is 0.409 e. The van der Waals surface area contributed by atoms with Gasteiger partial charge in [-0.1, -0.05) is 0 Å². The van der Waals surface area contributed by atoms with Crippen molar-refractivity contribution in [3.05, 3.63) is 29.6 Å². The molecule has 2 rings (SSSR count). The Morgan fingerprint density at radius 3 is 2.84 bits per heavy atom. The van der Waals surface area contributed by atoms with Crippen LogP contribution in [0.15, 0.2) is 23.5 Å². The Bertz CT molecular complexity index is 583. The molecular formula is C18H29N5O2. The van der Waals surface area contributed by atoms with Gasteiger partial charge in [0.15, 0.2) is 5.96 Å². The van der Waals surface area contributed by atoms with Crippen molar-refractivity contribution >= 4 is 12.1 Å². The maximum absolute atomic E-state index is 11.7. The maximum Gasteiger partial charge on any atom is 0.409 e. The molecule has 25 heavy (non-hydrogen) atoms. The van der Waals surface area contributed by atoms with E-state index in [4.69, 9.17) is 4.74 Å². The first-order chi connectivity index (χ1) is 12.1. The summed E-state index contributed by atoms with van der Waals surface area (Å²) in [5.41, 5.74) is 2.50. The zero-order valence-corrected chi connectivity index (χ0v) is 15.4. The highest BCUT2D eigenvalue weighted by Crippen LogP contribution is 2.11. The van der Waals surface area contributed by atoms with Gasteiger partial charge in [-0.25, -0.2) is 4.79 Å². The summed E-state index contributed by atoms with van der Waals surface area (Å²) in [6.07, 6.45) is 6.21. The van der Waals surface area contributed by atoms with E-state index >= 15 is 0 Å². The second kappa shape index (κ2) is 9.86. The van der Waals surface area contributed by atoms with Crippen molar-refractivity contribution in [3.8, 4) is 0 Å². The zero-order valence-electron chi connectivity index (χ0n) is 15.4. The lowest BCUT2D eigenvalue weighted by Gasteiger charge is -2.32. The molecule has 0 saturated carbocycles. The Morgan fingerprint density at radius 2 is 2.20 bits per heavy atom. The van der Waals surface area contributed by atoms with Crippen molar-refractivity contribution in [1.82, 2.24) is 20.5 Å². The van der Waals surface area contributed by atoms with Gasteiger partial charge in [-0.15, -0.1) is 0 Å². The molecule has 0 atom stereocenters. The minimum atomic E-state index is -0.212. The van der Waals surface area contributed by atoms with Crippen LogP contribution in [0.2, 0.25) is 0 Å². The van der Waals surface area contributed by atoms with E-state index in [1.807, 2.05) is 19.3 Å². The van der Waals surface area contributed by atoms with E-state index in [1.54, 1.807) is 11.9 Å². The number of nitrogens with zero attached hydrogens (tertiary/aromatic N) is 3. The van der Waals surface area contributed by atoms with Gasteiger partial charge in [0.1, 0.15) is 0 Å². The number of likely N-dealkylation sites (tertiary alicyclic amines) is 1. The van der Waals surface area contributed by atoms with Crippen molar-refractivity contribution in [2.24, 2.45) is 4.99 Å². The Balaban J connectivity index is 1.72. The molecule has 0 bridgehead atoms. The molecule has 1 fully saturated rings. The molecule has 7 heteroatoms. The summed E-state index contributed by atoms with van der Waals surface area (Å²) in [4.78, 5) is 21.9. The monoisotopic (exact) mass is 347 g/mol. The summed E-state index contributed by atoms with van der Waals surface area (Å²) < 4.78 is 5.05. The summed E-state index contributed by atoms with van der Waals surface area (Å²) >= 11 is 0.